The van der Waals surface area contributed by atoms with E-state index >= 15 is 0 Å². The van der Waals surface area contributed by atoms with Gasteiger partial charge in [0, 0.05) is 24.5 Å². The Morgan fingerprint density at radius 3 is 2.54 bits per heavy atom. The number of nitrogens with one attached hydrogen (secondary N) is 1. The summed E-state index contributed by atoms with van der Waals surface area (Å²) >= 11 is 6.08. The first-order valence-electron chi connectivity index (χ1n) is 8.91. The number of benzene rings is 1. The zero-order valence-corrected chi connectivity index (χ0v) is 15.4. The van der Waals surface area contributed by atoms with E-state index in [1.165, 1.54) is 0 Å². The molecule has 1 aliphatic heterocycles. The van der Waals surface area contributed by atoms with Crippen LogP contribution in [-0.4, -0.2) is 40.9 Å². The van der Waals surface area contributed by atoms with Crippen molar-refractivity contribution in [1.82, 2.24) is 10.2 Å². The molecule has 1 heterocycles. The number of hydrogen-bond acceptors (Lipinski definition) is 3. The third-order valence-electron chi connectivity index (χ3n) is 5.54. The fourth-order valence-corrected chi connectivity index (χ4v) is 4.24. The van der Waals surface area contributed by atoms with E-state index in [1.54, 1.807) is 24.1 Å². The van der Waals surface area contributed by atoms with Crippen molar-refractivity contribution in [2.75, 3.05) is 7.05 Å². The third kappa shape index (κ3) is 3.85. The smallest absolute Gasteiger partial charge is 0.306 e. The van der Waals surface area contributed by atoms with Crippen molar-refractivity contribution in [1.29, 1.82) is 0 Å². The van der Waals surface area contributed by atoms with E-state index in [9.17, 15) is 14.4 Å². The molecule has 1 aromatic rings. The minimum atomic E-state index is -0.765. The van der Waals surface area contributed by atoms with E-state index < -0.39 is 11.9 Å². The summed E-state index contributed by atoms with van der Waals surface area (Å²) in [4.78, 5) is 37.7. The highest BCUT2D eigenvalue weighted by Crippen LogP contribution is 2.38. The standard InChI is InChI=1S/C19H23ClN2O4/c1-22-16(23)10-15(17(22)12-3-2-4-13(20)9-12)18(24)21-14-7-5-11(6-8-14)19(25)26/h2-4,9,11,14-15,17H,5-8,10H2,1H3,(H,21,24)(H,25,26)/t11?,14?,15-,17-/m0/s1. The Hall–Kier alpha value is -2.08. The molecule has 7 heteroatoms. The molecule has 0 radical (unpaired) electrons. The fourth-order valence-electron chi connectivity index (χ4n) is 4.04. The lowest BCUT2D eigenvalue weighted by Gasteiger charge is -2.30. The van der Waals surface area contributed by atoms with E-state index in [0.29, 0.717) is 30.7 Å². The van der Waals surface area contributed by atoms with E-state index in [-0.39, 0.29) is 36.2 Å². The summed E-state index contributed by atoms with van der Waals surface area (Å²) in [5, 5.41) is 12.7. The van der Waals surface area contributed by atoms with Crippen LogP contribution in [0.1, 0.15) is 43.7 Å². The second kappa shape index (κ2) is 7.66. The average Bonchev–Trinajstić information content (AvgIpc) is 2.90. The Balaban J connectivity index is 1.69. The summed E-state index contributed by atoms with van der Waals surface area (Å²) in [5.41, 5.74) is 0.848. The average molecular weight is 379 g/mol. The van der Waals surface area contributed by atoms with Crippen LogP contribution in [0, 0.1) is 11.8 Å². The highest BCUT2D eigenvalue weighted by molar-refractivity contribution is 6.30. The molecule has 6 nitrogen and oxygen atoms in total. The molecule has 1 saturated heterocycles. The number of carbonyl (C=O) groups is 3. The lowest BCUT2D eigenvalue weighted by atomic mass is 9.85. The number of carboxylic acids is 1. The Bertz CT molecular complexity index is 715. The van der Waals surface area contributed by atoms with Gasteiger partial charge in [0.05, 0.1) is 17.9 Å². The molecule has 2 aliphatic rings. The van der Waals surface area contributed by atoms with E-state index in [2.05, 4.69) is 5.32 Å². The first-order valence-corrected chi connectivity index (χ1v) is 9.29. The molecule has 0 bridgehead atoms. The van der Waals surface area contributed by atoms with Crippen molar-refractivity contribution < 1.29 is 19.5 Å². The first kappa shape index (κ1) is 18.7. The number of nitrogens with zero attached hydrogens (tertiary/aromatic N) is 1. The molecule has 3 rings (SSSR count). The van der Waals surface area contributed by atoms with Crippen molar-refractivity contribution >= 4 is 29.4 Å². The summed E-state index contributed by atoms with van der Waals surface area (Å²) in [6, 6.07) is 6.88. The predicted octanol–water partition coefficient (Wildman–Crippen LogP) is 2.62. The fraction of sp³-hybridized carbons (Fsp3) is 0.526. The van der Waals surface area contributed by atoms with Crippen LogP contribution >= 0.6 is 11.6 Å². The van der Waals surface area contributed by atoms with E-state index in [4.69, 9.17) is 16.7 Å². The number of aliphatic carboxylic acids is 1. The minimum absolute atomic E-state index is 0.0286. The molecular weight excluding hydrogens is 356 g/mol. The molecule has 1 saturated carbocycles. The highest BCUT2D eigenvalue weighted by Gasteiger charge is 2.43. The molecule has 0 spiro atoms. The van der Waals surface area contributed by atoms with E-state index in [0.717, 1.165) is 5.56 Å². The Morgan fingerprint density at radius 1 is 1.23 bits per heavy atom. The number of carboxylic acid groups (broad SMARTS) is 1. The molecular formula is C19H23ClN2O4. The molecule has 2 N–H and O–H groups in total. The molecule has 1 aromatic carbocycles. The van der Waals surface area contributed by atoms with Gasteiger partial charge in [0.1, 0.15) is 0 Å². The Labute approximate surface area is 157 Å². The summed E-state index contributed by atoms with van der Waals surface area (Å²) < 4.78 is 0. The summed E-state index contributed by atoms with van der Waals surface area (Å²) in [6.07, 6.45) is 2.62. The van der Waals surface area contributed by atoms with Gasteiger partial charge in [-0.2, -0.15) is 0 Å². The summed E-state index contributed by atoms with van der Waals surface area (Å²) in [6.45, 7) is 0. The molecule has 2 amide bonds. The molecule has 0 unspecified atom stereocenters. The molecule has 0 aromatic heterocycles. The zero-order chi connectivity index (χ0) is 18.8. The number of hydrogen-bond donors (Lipinski definition) is 2. The minimum Gasteiger partial charge on any atom is -0.481 e. The van der Waals surface area contributed by atoms with Crippen LogP contribution in [0.3, 0.4) is 0 Å². The van der Waals surface area contributed by atoms with Crippen molar-refractivity contribution in [3.05, 3.63) is 34.9 Å². The van der Waals surface area contributed by atoms with Gasteiger partial charge in [-0.25, -0.2) is 0 Å². The topological polar surface area (TPSA) is 86.7 Å². The van der Waals surface area contributed by atoms with Gasteiger partial charge in [-0.15, -0.1) is 0 Å². The summed E-state index contributed by atoms with van der Waals surface area (Å²) in [7, 11) is 1.71. The molecule has 1 aliphatic carbocycles. The van der Waals surface area contributed by atoms with Crippen LogP contribution in [0.2, 0.25) is 5.02 Å². The van der Waals surface area contributed by atoms with Crippen LogP contribution in [0.15, 0.2) is 24.3 Å². The second-order valence-corrected chi connectivity index (χ2v) is 7.65. The van der Waals surface area contributed by atoms with Gasteiger partial charge in [-0.3, -0.25) is 14.4 Å². The molecule has 2 fully saturated rings. The number of amides is 2. The maximum absolute atomic E-state index is 12.8. The van der Waals surface area contributed by atoms with Crippen LogP contribution in [0.25, 0.3) is 0 Å². The van der Waals surface area contributed by atoms with Gasteiger partial charge < -0.3 is 15.3 Å². The van der Waals surface area contributed by atoms with Crippen LogP contribution < -0.4 is 5.32 Å². The van der Waals surface area contributed by atoms with Gasteiger partial charge >= 0.3 is 5.97 Å². The molecule has 26 heavy (non-hydrogen) atoms. The van der Waals surface area contributed by atoms with E-state index in [1.807, 2.05) is 12.1 Å². The van der Waals surface area contributed by atoms with Crippen LogP contribution in [0.4, 0.5) is 0 Å². The Morgan fingerprint density at radius 2 is 1.92 bits per heavy atom. The van der Waals surface area contributed by atoms with Gasteiger partial charge in [0.2, 0.25) is 11.8 Å². The van der Waals surface area contributed by atoms with Crippen molar-refractivity contribution in [3.8, 4) is 0 Å². The SMILES string of the molecule is CN1C(=O)C[C@H](C(=O)NC2CCC(C(=O)O)CC2)[C@@H]1c1cccc(Cl)c1. The zero-order valence-electron chi connectivity index (χ0n) is 14.7. The highest BCUT2D eigenvalue weighted by atomic mass is 35.5. The normalized spacial score (nSPS) is 28.8. The quantitative estimate of drug-likeness (QED) is 0.843. The third-order valence-corrected chi connectivity index (χ3v) is 5.77. The van der Waals surface area contributed by atoms with Gasteiger partial charge in [-0.1, -0.05) is 23.7 Å². The maximum atomic E-state index is 12.8. The van der Waals surface area contributed by atoms with Crippen molar-refractivity contribution in [3.63, 3.8) is 0 Å². The number of rotatable bonds is 4. The number of carbonyl (C=O) groups excluding carboxylic acids is 2. The lowest BCUT2D eigenvalue weighted by Crippen LogP contribution is -2.42. The van der Waals surface area contributed by atoms with Gasteiger partial charge in [0.15, 0.2) is 0 Å². The van der Waals surface area contributed by atoms with Gasteiger partial charge in [0.25, 0.3) is 0 Å². The maximum Gasteiger partial charge on any atom is 0.306 e. The molecule has 2 atom stereocenters. The predicted molar refractivity (Wildman–Crippen MR) is 96.6 cm³/mol. The summed E-state index contributed by atoms with van der Waals surface area (Å²) in [5.74, 6) is -1.76. The van der Waals surface area contributed by atoms with Crippen LogP contribution in [-0.2, 0) is 14.4 Å². The number of likely N-dealkylation sites (tertiary alicyclic amines) is 1. The Kier molecular flexibility index (Phi) is 5.51. The van der Waals surface area contributed by atoms with Crippen molar-refractivity contribution in [2.24, 2.45) is 11.8 Å². The first-order chi connectivity index (χ1) is 12.4. The van der Waals surface area contributed by atoms with Crippen LogP contribution in [0.5, 0.6) is 0 Å². The number of halogens is 1. The van der Waals surface area contributed by atoms with Gasteiger partial charge in [-0.05, 0) is 43.4 Å². The largest absolute Gasteiger partial charge is 0.481 e. The second-order valence-electron chi connectivity index (χ2n) is 7.21. The van der Waals surface area contributed by atoms with Crippen molar-refractivity contribution in [2.45, 2.75) is 44.2 Å². The monoisotopic (exact) mass is 378 g/mol. The lowest BCUT2D eigenvalue weighted by molar-refractivity contribution is -0.143. The molecule has 140 valence electrons.